The number of benzene rings is 2. The third-order valence-electron chi connectivity index (χ3n) is 4.01. The Kier molecular flexibility index (Phi) is 6.39. The summed E-state index contributed by atoms with van der Waals surface area (Å²) in [5, 5.41) is 6.30. The van der Waals surface area contributed by atoms with Gasteiger partial charge in [-0.3, -0.25) is 9.78 Å². The van der Waals surface area contributed by atoms with E-state index in [-0.39, 0.29) is 5.91 Å². The van der Waals surface area contributed by atoms with Crippen LogP contribution in [0.1, 0.15) is 21.5 Å². The molecule has 1 aromatic heterocycles. The molecule has 2 aromatic carbocycles. The van der Waals surface area contributed by atoms with Crippen molar-refractivity contribution in [3.8, 4) is 0 Å². The second kappa shape index (κ2) is 9.15. The van der Waals surface area contributed by atoms with Gasteiger partial charge >= 0.3 is 0 Å². The minimum absolute atomic E-state index is 0.0637. The van der Waals surface area contributed by atoms with Gasteiger partial charge in [0.1, 0.15) is 0 Å². The molecule has 0 fully saturated rings. The summed E-state index contributed by atoms with van der Waals surface area (Å²) in [5.74, 6) is -0.0637. The first kappa shape index (κ1) is 18.1. The fourth-order valence-corrected chi connectivity index (χ4v) is 2.97. The Morgan fingerprint density at radius 3 is 2.54 bits per heavy atom. The second-order valence-corrected chi connectivity index (χ2v) is 6.74. The van der Waals surface area contributed by atoms with Gasteiger partial charge in [-0.25, -0.2) is 0 Å². The molecule has 0 saturated carbocycles. The lowest BCUT2D eigenvalue weighted by atomic mass is 10.1. The van der Waals surface area contributed by atoms with Crippen molar-refractivity contribution in [2.45, 2.75) is 13.0 Å². The Balaban J connectivity index is 1.49. The highest BCUT2D eigenvalue weighted by Crippen LogP contribution is 2.18. The highest BCUT2D eigenvalue weighted by Gasteiger charge is 2.05. The number of rotatable bonds is 7. The smallest absolute Gasteiger partial charge is 0.251 e. The van der Waals surface area contributed by atoms with E-state index in [2.05, 4.69) is 37.6 Å². The highest BCUT2D eigenvalue weighted by molar-refractivity contribution is 9.10. The van der Waals surface area contributed by atoms with Gasteiger partial charge in [-0.05, 0) is 53.9 Å². The van der Waals surface area contributed by atoms with E-state index < -0.39 is 0 Å². The van der Waals surface area contributed by atoms with Crippen molar-refractivity contribution >= 4 is 27.5 Å². The average Bonchev–Trinajstić information content (AvgIpc) is 2.68. The highest BCUT2D eigenvalue weighted by atomic mass is 79.9. The molecular weight excluding hydrogens is 390 g/mol. The molecule has 0 aliphatic heterocycles. The van der Waals surface area contributed by atoms with Gasteiger partial charge in [0.25, 0.3) is 5.91 Å². The number of amides is 1. The summed E-state index contributed by atoms with van der Waals surface area (Å²) in [6.07, 6.45) is 4.33. The van der Waals surface area contributed by atoms with Gasteiger partial charge in [0.2, 0.25) is 0 Å². The van der Waals surface area contributed by atoms with Crippen LogP contribution in [0.2, 0.25) is 0 Å². The Bertz CT molecular complexity index is 851. The molecule has 3 aromatic rings. The van der Waals surface area contributed by atoms with Crippen molar-refractivity contribution in [1.82, 2.24) is 10.3 Å². The maximum atomic E-state index is 12.2. The van der Waals surface area contributed by atoms with E-state index in [4.69, 9.17) is 0 Å². The summed E-state index contributed by atoms with van der Waals surface area (Å²) < 4.78 is 1.08. The van der Waals surface area contributed by atoms with Crippen LogP contribution < -0.4 is 10.6 Å². The van der Waals surface area contributed by atoms with E-state index in [1.165, 1.54) is 5.56 Å². The van der Waals surface area contributed by atoms with Crippen LogP contribution in [0.15, 0.2) is 77.5 Å². The molecule has 0 saturated heterocycles. The van der Waals surface area contributed by atoms with Gasteiger partial charge in [-0.15, -0.1) is 0 Å². The van der Waals surface area contributed by atoms with Crippen molar-refractivity contribution in [3.63, 3.8) is 0 Å². The van der Waals surface area contributed by atoms with Crippen LogP contribution in [0.3, 0.4) is 0 Å². The maximum Gasteiger partial charge on any atom is 0.251 e. The number of hydrogen-bond acceptors (Lipinski definition) is 3. The largest absolute Gasteiger partial charge is 0.381 e. The van der Waals surface area contributed by atoms with Gasteiger partial charge in [-0.2, -0.15) is 0 Å². The first-order valence-corrected chi connectivity index (χ1v) is 9.26. The summed E-state index contributed by atoms with van der Waals surface area (Å²) in [5.41, 5.74) is 3.93. The number of nitrogens with one attached hydrogen (secondary N) is 2. The molecule has 4 nitrogen and oxygen atoms in total. The molecule has 0 aliphatic carbocycles. The third kappa shape index (κ3) is 5.17. The molecule has 132 valence electrons. The summed E-state index contributed by atoms with van der Waals surface area (Å²) in [4.78, 5) is 16.3. The van der Waals surface area contributed by atoms with E-state index >= 15 is 0 Å². The lowest BCUT2D eigenvalue weighted by Crippen LogP contribution is -2.25. The molecule has 3 rings (SSSR count). The third-order valence-corrected chi connectivity index (χ3v) is 4.78. The Labute approximate surface area is 161 Å². The van der Waals surface area contributed by atoms with Gasteiger partial charge in [-0.1, -0.05) is 40.2 Å². The summed E-state index contributed by atoms with van der Waals surface area (Å²) in [7, 11) is 0. The van der Waals surface area contributed by atoms with E-state index in [9.17, 15) is 4.79 Å². The summed E-state index contributed by atoms with van der Waals surface area (Å²) >= 11 is 3.54. The zero-order valence-electron chi connectivity index (χ0n) is 14.3. The van der Waals surface area contributed by atoms with Crippen molar-refractivity contribution in [2.75, 3.05) is 11.9 Å². The Morgan fingerprint density at radius 1 is 1.00 bits per heavy atom. The zero-order valence-corrected chi connectivity index (χ0v) is 15.9. The van der Waals surface area contributed by atoms with E-state index in [1.54, 1.807) is 6.20 Å². The zero-order chi connectivity index (χ0) is 18.2. The molecule has 0 atom stereocenters. The predicted octanol–water partition coefficient (Wildman–Crippen LogP) is 4.43. The monoisotopic (exact) mass is 409 g/mol. The number of nitrogens with zero attached hydrogens (tertiary/aromatic N) is 1. The first-order chi connectivity index (χ1) is 12.7. The fourth-order valence-electron chi connectivity index (χ4n) is 2.55. The SMILES string of the molecule is O=C(NCCc1cccnc1)c1ccc(NCc2ccccc2Br)cc1. The van der Waals surface area contributed by atoms with Crippen LogP contribution in [0.4, 0.5) is 5.69 Å². The van der Waals surface area contributed by atoms with Crippen LogP contribution in [0, 0.1) is 0 Å². The van der Waals surface area contributed by atoms with E-state index in [1.807, 2.05) is 60.8 Å². The van der Waals surface area contributed by atoms with E-state index in [0.717, 1.165) is 28.7 Å². The Hall–Kier alpha value is -2.66. The fraction of sp³-hybridized carbons (Fsp3) is 0.143. The molecule has 0 aliphatic rings. The molecule has 0 unspecified atom stereocenters. The van der Waals surface area contributed by atoms with Crippen LogP contribution in [-0.4, -0.2) is 17.4 Å². The molecular formula is C21H20BrN3O. The summed E-state index contributed by atoms with van der Waals surface area (Å²) in [6.45, 7) is 1.31. The molecule has 0 spiro atoms. The number of halogens is 1. The lowest BCUT2D eigenvalue weighted by molar-refractivity contribution is 0.0954. The minimum atomic E-state index is -0.0637. The molecule has 0 radical (unpaired) electrons. The number of pyridine rings is 1. The van der Waals surface area contributed by atoms with Crippen LogP contribution in [0.25, 0.3) is 0 Å². The molecule has 5 heteroatoms. The molecule has 1 heterocycles. The predicted molar refractivity (Wildman–Crippen MR) is 108 cm³/mol. The summed E-state index contributed by atoms with van der Waals surface area (Å²) in [6, 6.07) is 19.5. The molecule has 2 N–H and O–H groups in total. The standard InChI is InChI=1S/C21H20BrN3O/c22-20-6-2-1-5-18(20)15-25-19-9-7-17(8-10-19)21(26)24-13-11-16-4-3-12-23-14-16/h1-10,12,14,25H,11,13,15H2,(H,24,26). The number of anilines is 1. The number of aromatic nitrogens is 1. The van der Waals surface area contributed by atoms with Gasteiger partial charge in [0.05, 0.1) is 0 Å². The average molecular weight is 410 g/mol. The van der Waals surface area contributed by atoms with Crippen LogP contribution in [0.5, 0.6) is 0 Å². The minimum Gasteiger partial charge on any atom is -0.381 e. The topological polar surface area (TPSA) is 54.0 Å². The number of carbonyl (C=O) groups excluding carboxylic acids is 1. The van der Waals surface area contributed by atoms with Crippen molar-refractivity contribution < 1.29 is 4.79 Å². The molecule has 0 bridgehead atoms. The normalized spacial score (nSPS) is 10.3. The van der Waals surface area contributed by atoms with Crippen LogP contribution >= 0.6 is 15.9 Å². The maximum absolute atomic E-state index is 12.2. The lowest BCUT2D eigenvalue weighted by Gasteiger charge is -2.09. The van der Waals surface area contributed by atoms with Crippen LogP contribution in [-0.2, 0) is 13.0 Å². The molecule has 1 amide bonds. The second-order valence-electron chi connectivity index (χ2n) is 5.89. The van der Waals surface area contributed by atoms with E-state index in [0.29, 0.717) is 12.1 Å². The van der Waals surface area contributed by atoms with Crippen molar-refractivity contribution in [3.05, 3.63) is 94.2 Å². The van der Waals surface area contributed by atoms with Gasteiger partial charge in [0, 0.05) is 41.2 Å². The Morgan fingerprint density at radius 2 is 1.81 bits per heavy atom. The molecule has 26 heavy (non-hydrogen) atoms. The number of hydrogen-bond donors (Lipinski definition) is 2. The van der Waals surface area contributed by atoms with Crippen molar-refractivity contribution in [2.24, 2.45) is 0 Å². The quantitative estimate of drug-likeness (QED) is 0.606. The number of carbonyl (C=O) groups is 1. The van der Waals surface area contributed by atoms with Gasteiger partial charge < -0.3 is 10.6 Å². The van der Waals surface area contributed by atoms with Crippen molar-refractivity contribution in [1.29, 1.82) is 0 Å². The first-order valence-electron chi connectivity index (χ1n) is 8.47. The van der Waals surface area contributed by atoms with Gasteiger partial charge in [0.15, 0.2) is 0 Å².